The zero-order valence-electron chi connectivity index (χ0n) is 11.3. The summed E-state index contributed by atoms with van der Waals surface area (Å²) in [7, 11) is 1.56. The van der Waals surface area contributed by atoms with Gasteiger partial charge < -0.3 is 14.0 Å². The molecule has 0 N–H and O–H groups in total. The van der Waals surface area contributed by atoms with Gasteiger partial charge in [-0.15, -0.1) is 0 Å². The molecule has 3 rings (SSSR count). The SMILES string of the molecule is COc1cccc(C=O)c1OCc1cncn1C1CC1. The summed E-state index contributed by atoms with van der Waals surface area (Å²) >= 11 is 0. The van der Waals surface area contributed by atoms with Crippen LogP contribution in [-0.2, 0) is 6.61 Å². The second-order valence-corrected chi connectivity index (χ2v) is 4.81. The van der Waals surface area contributed by atoms with Crippen LogP contribution in [0.1, 0.15) is 34.9 Å². The van der Waals surface area contributed by atoms with Gasteiger partial charge in [-0.3, -0.25) is 4.79 Å². The Morgan fingerprint density at radius 2 is 2.30 bits per heavy atom. The number of aldehydes is 1. The Morgan fingerprint density at radius 1 is 1.45 bits per heavy atom. The maximum Gasteiger partial charge on any atom is 0.172 e. The summed E-state index contributed by atoms with van der Waals surface area (Å²) in [5, 5.41) is 0. The Kier molecular flexibility index (Phi) is 3.41. The molecule has 1 aromatic carbocycles. The standard InChI is InChI=1S/C15H16N2O3/c1-19-14-4-2-3-11(8-18)15(14)20-9-13-7-16-10-17(13)12-5-6-12/h2-4,7-8,10,12H,5-6,9H2,1H3. The van der Waals surface area contributed by atoms with E-state index in [0.29, 0.717) is 29.7 Å². The molecule has 0 radical (unpaired) electrons. The predicted molar refractivity (Wildman–Crippen MR) is 73.2 cm³/mol. The lowest BCUT2D eigenvalue weighted by Gasteiger charge is -2.13. The molecule has 1 saturated carbocycles. The van der Waals surface area contributed by atoms with Crippen LogP contribution in [0.15, 0.2) is 30.7 Å². The molecule has 0 amide bonds. The van der Waals surface area contributed by atoms with E-state index in [4.69, 9.17) is 9.47 Å². The second-order valence-electron chi connectivity index (χ2n) is 4.81. The van der Waals surface area contributed by atoms with E-state index in [0.717, 1.165) is 12.0 Å². The van der Waals surface area contributed by atoms with Crippen molar-refractivity contribution in [1.82, 2.24) is 9.55 Å². The van der Waals surface area contributed by atoms with Gasteiger partial charge >= 0.3 is 0 Å². The molecule has 0 atom stereocenters. The van der Waals surface area contributed by atoms with Crippen LogP contribution in [0.4, 0.5) is 0 Å². The average molecular weight is 272 g/mol. The van der Waals surface area contributed by atoms with Crippen LogP contribution in [-0.4, -0.2) is 22.9 Å². The predicted octanol–water partition coefficient (Wildman–Crippen LogP) is 2.62. The van der Waals surface area contributed by atoms with E-state index in [1.165, 1.54) is 12.8 Å². The van der Waals surface area contributed by atoms with Crippen LogP contribution in [0.2, 0.25) is 0 Å². The lowest BCUT2D eigenvalue weighted by Crippen LogP contribution is -2.05. The van der Waals surface area contributed by atoms with Gasteiger partial charge in [0.25, 0.3) is 0 Å². The number of hydrogen-bond acceptors (Lipinski definition) is 4. The normalized spacial score (nSPS) is 14.1. The number of benzene rings is 1. The number of para-hydroxylation sites is 1. The van der Waals surface area contributed by atoms with Crippen molar-refractivity contribution < 1.29 is 14.3 Å². The lowest BCUT2D eigenvalue weighted by atomic mass is 10.2. The minimum absolute atomic E-state index is 0.373. The third-order valence-corrected chi connectivity index (χ3v) is 3.41. The zero-order valence-corrected chi connectivity index (χ0v) is 11.3. The van der Waals surface area contributed by atoms with E-state index in [9.17, 15) is 4.79 Å². The Morgan fingerprint density at radius 3 is 3.00 bits per heavy atom. The van der Waals surface area contributed by atoms with E-state index in [-0.39, 0.29) is 0 Å². The number of hydrogen-bond donors (Lipinski definition) is 0. The molecule has 2 aromatic rings. The first-order valence-corrected chi connectivity index (χ1v) is 6.59. The van der Waals surface area contributed by atoms with Crippen molar-refractivity contribution in [1.29, 1.82) is 0 Å². The van der Waals surface area contributed by atoms with Crippen LogP contribution in [0.5, 0.6) is 11.5 Å². The van der Waals surface area contributed by atoms with Crippen molar-refractivity contribution in [2.75, 3.05) is 7.11 Å². The minimum Gasteiger partial charge on any atom is -0.493 e. The molecular weight excluding hydrogens is 256 g/mol. The molecule has 1 aromatic heterocycles. The van der Waals surface area contributed by atoms with Gasteiger partial charge in [0, 0.05) is 6.04 Å². The third kappa shape index (κ3) is 2.39. The average Bonchev–Trinajstić information content (AvgIpc) is 3.23. The highest BCUT2D eigenvalue weighted by atomic mass is 16.5. The van der Waals surface area contributed by atoms with Gasteiger partial charge in [0.1, 0.15) is 6.61 Å². The molecule has 104 valence electrons. The molecule has 1 heterocycles. The Bertz CT molecular complexity index is 617. The molecule has 5 heteroatoms. The van der Waals surface area contributed by atoms with E-state index in [1.807, 2.05) is 6.33 Å². The van der Waals surface area contributed by atoms with E-state index in [2.05, 4.69) is 9.55 Å². The van der Waals surface area contributed by atoms with Crippen molar-refractivity contribution in [2.24, 2.45) is 0 Å². The molecule has 0 aliphatic heterocycles. The number of ether oxygens (including phenoxy) is 2. The van der Waals surface area contributed by atoms with Gasteiger partial charge in [-0.25, -0.2) is 4.98 Å². The fourth-order valence-corrected chi connectivity index (χ4v) is 2.21. The maximum absolute atomic E-state index is 11.1. The molecule has 5 nitrogen and oxygen atoms in total. The van der Waals surface area contributed by atoms with E-state index >= 15 is 0 Å². The summed E-state index contributed by atoms with van der Waals surface area (Å²) in [6, 6.07) is 5.81. The first-order valence-electron chi connectivity index (χ1n) is 6.59. The second kappa shape index (κ2) is 5.36. The number of imidazole rings is 1. The van der Waals surface area contributed by atoms with Crippen LogP contribution in [0.3, 0.4) is 0 Å². The van der Waals surface area contributed by atoms with Crippen LogP contribution in [0, 0.1) is 0 Å². The van der Waals surface area contributed by atoms with Gasteiger partial charge in [0.2, 0.25) is 0 Å². The smallest absolute Gasteiger partial charge is 0.172 e. The zero-order chi connectivity index (χ0) is 13.9. The fourth-order valence-electron chi connectivity index (χ4n) is 2.21. The summed E-state index contributed by atoms with van der Waals surface area (Å²) in [4.78, 5) is 15.3. The number of carbonyl (C=O) groups excluding carboxylic acids is 1. The summed E-state index contributed by atoms with van der Waals surface area (Å²) in [6.07, 6.45) is 6.79. The first kappa shape index (κ1) is 12.7. The van der Waals surface area contributed by atoms with E-state index in [1.54, 1.807) is 31.5 Å². The molecule has 1 aliphatic rings. The number of methoxy groups -OCH3 is 1. The van der Waals surface area contributed by atoms with Crippen molar-refractivity contribution in [2.45, 2.75) is 25.5 Å². The topological polar surface area (TPSA) is 53.4 Å². The number of nitrogens with zero attached hydrogens (tertiary/aromatic N) is 2. The van der Waals surface area contributed by atoms with E-state index < -0.39 is 0 Å². The maximum atomic E-state index is 11.1. The quantitative estimate of drug-likeness (QED) is 0.758. The number of rotatable bonds is 6. The van der Waals surface area contributed by atoms with Crippen molar-refractivity contribution in [3.05, 3.63) is 42.0 Å². The fraction of sp³-hybridized carbons (Fsp3) is 0.333. The minimum atomic E-state index is 0.373. The Labute approximate surface area is 117 Å². The summed E-state index contributed by atoms with van der Waals surface area (Å²) < 4.78 is 13.2. The molecule has 0 unspecified atom stereocenters. The van der Waals surface area contributed by atoms with Crippen LogP contribution >= 0.6 is 0 Å². The summed E-state index contributed by atoms with van der Waals surface area (Å²) in [5.41, 5.74) is 1.50. The largest absolute Gasteiger partial charge is 0.493 e. The van der Waals surface area contributed by atoms with Gasteiger partial charge in [0.05, 0.1) is 30.9 Å². The van der Waals surface area contributed by atoms with Crippen LogP contribution < -0.4 is 9.47 Å². The molecule has 1 fully saturated rings. The first-order chi connectivity index (χ1) is 9.83. The van der Waals surface area contributed by atoms with Gasteiger partial charge in [0.15, 0.2) is 17.8 Å². The van der Waals surface area contributed by atoms with Crippen molar-refractivity contribution >= 4 is 6.29 Å². The highest BCUT2D eigenvalue weighted by Gasteiger charge is 2.25. The van der Waals surface area contributed by atoms with Gasteiger partial charge in [-0.05, 0) is 25.0 Å². The monoisotopic (exact) mass is 272 g/mol. The molecule has 0 bridgehead atoms. The Balaban J connectivity index is 1.80. The summed E-state index contributed by atoms with van der Waals surface area (Å²) in [6.45, 7) is 0.373. The summed E-state index contributed by atoms with van der Waals surface area (Å²) in [5.74, 6) is 1.04. The van der Waals surface area contributed by atoms with Crippen LogP contribution in [0.25, 0.3) is 0 Å². The Hall–Kier alpha value is -2.30. The third-order valence-electron chi connectivity index (χ3n) is 3.41. The van der Waals surface area contributed by atoms with Gasteiger partial charge in [-0.2, -0.15) is 0 Å². The molecule has 1 aliphatic carbocycles. The number of aromatic nitrogens is 2. The molecule has 20 heavy (non-hydrogen) atoms. The van der Waals surface area contributed by atoms with Crippen molar-refractivity contribution in [3.63, 3.8) is 0 Å². The number of carbonyl (C=O) groups is 1. The molecule has 0 saturated heterocycles. The highest BCUT2D eigenvalue weighted by Crippen LogP contribution is 2.36. The van der Waals surface area contributed by atoms with Gasteiger partial charge in [-0.1, -0.05) is 6.07 Å². The molecular formula is C15H16N2O3. The lowest BCUT2D eigenvalue weighted by molar-refractivity contribution is 0.111. The molecule has 0 spiro atoms. The highest BCUT2D eigenvalue weighted by molar-refractivity contribution is 5.81. The van der Waals surface area contributed by atoms with Crippen molar-refractivity contribution in [3.8, 4) is 11.5 Å².